The van der Waals surface area contributed by atoms with E-state index in [4.69, 9.17) is 14.2 Å². The number of imidazole rings is 1. The molecule has 3 rings (SSSR count). The summed E-state index contributed by atoms with van der Waals surface area (Å²) in [6, 6.07) is 7.16. The number of hydrogen-bond donors (Lipinski definition) is 1. The number of aromatic nitrogens is 3. The van der Waals surface area contributed by atoms with E-state index in [1.807, 2.05) is 0 Å². The van der Waals surface area contributed by atoms with Crippen LogP contribution in [0.4, 0.5) is 10.6 Å². The average molecular weight is 384 g/mol. The second-order valence-electron chi connectivity index (χ2n) is 5.66. The number of anilines is 1. The predicted molar refractivity (Wildman–Crippen MR) is 103 cm³/mol. The van der Waals surface area contributed by atoms with Gasteiger partial charge in [-0.05, 0) is 29.8 Å². The number of nitrogens with one attached hydrogen (secondary N) is 1. The molecule has 9 heteroatoms. The Morgan fingerprint density at radius 3 is 2.32 bits per heavy atom. The Balaban J connectivity index is 1.98. The molecule has 0 aliphatic heterocycles. The maximum absolute atomic E-state index is 11.3. The summed E-state index contributed by atoms with van der Waals surface area (Å²) >= 11 is 0. The van der Waals surface area contributed by atoms with E-state index in [0.29, 0.717) is 40.0 Å². The van der Waals surface area contributed by atoms with E-state index in [-0.39, 0.29) is 0 Å². The molecule has 0 unspecified atom stereocenters. The lowest BCUT2D eigenvalue weighted by molar-refractivity contribution is 0.187. The molecule has 0 bridgehead atoms. The number of nitrogens with zero attached hydrogens (tertiary/aromatic N) is 3. The summed E-state index contributed by atoms with van der Waals surface area (Å²) in [6.45, 7) is 4.14. The standard InChI is InChI=1S/C19H20N4O5/c1-11(12-8-14(25-2)18(27-4)15(9-12)26-3)13-6-7-17-20-16(10-23(17)22-13)21-19(24)28-5/h6-10H,1H2,2-5H3,(H,21,24). The molecule has 146 valence electrons. The lowest BCUT2D eigenvalue weighted by Gasteiger charge is -2.15. The summed E-state index contributed by atoms with van der Waals surface area (Å²) in [4.78, 5) is 15.6. The lowest BCUT2D eigenvalue weighted by atomic mass is 10.0. The number of carbonyl (C=O) groups is 1. The van der Waals surface area contributed by atoms with E-state index in [2.05, 4.69) is 26.7 Å². The molecule has 3 aromatic rings. The molecule has 2 aromatic heterocycles. The SMILES string of the molecule is C=C(c1cc(OC)c(OC)c(OC)c1)c1ccc2nc(NC(=O)OC)cn2n1. The summed E-state index contributed by atoms with van der Waals surface area (Å²) in [6.07, 6.45) is 0.976. The van der Waals surface area contributed by atoms with Crippen LogP contribution < -0.4 is 19.5 Å². The topological polar surface area (TPSA) is 96.2 Å². The summed E-state index contributed by atoms with van der Waals surface area (Å²) < 4.78 is 22.2. The second-order valence-corrected chi connectivity index (χ2v) is 5.66. The number of ether oxygens (including phenoxy) is 4. The molecular weight excluding hydrogens is 364 g/mol. The third-order valence-electron chi connectivity index (χ3n) is 4.06. The quantitative estimate of drug-likeness (QED) is 0.698. The van der Waals surface area contributed by atoms with E-state index < -0.39 is 6.09 Å². The van der Waals surface area contributed by atoms with Gasteiger partial charge in [0.05, 0.1) is 40.3 Å². The van der Waals surface area contributed by atoms with E-state index in [0.717, 1.165) is 5.56 Å². The first-order chi connectivity index (χ1) is 13.5. The molecule has 0 saturated carbocycles. The maximum Gasteiger partial charge on any atom is 0.412 e. The van der Waals surface area contributed by atoms with Gasteiger partial charge in [-0.25, -0.2) is 14.3 Å². The molecule has 1 aromatic carbocycles. The van der Waals surface area contributed by atoms with Crippen LogP contribution in [0.2, 0.25) is 0 Å². The molecule has 1 amide bonds. The highest BCUT2D eigenvalue weighted by Gasteiger charge is 2.16. The minimum absolute atomic E-state index is 0.329. The fraction of sp³-hybridized carbons (Fsp3) is 0.211. The minimum Gasteiger partial charge on any atom is -0.493 e. The first-order valence-electron chi connectivity index (χ1n) is 8.21. The maximum atomic E-state index is 11.3. The van der Waals surface area contributed by atoms with Gasteiger partial charge in [0.2, 0.25) is 5.75 Å². The molecule has 1 N–H and O–H groups in total. The Kier molecular flexibility index (Phi) is 5.35. The van der Waals surface area contributed by atoms with Crippen LogP contribution >= 0.6 is 0 Å². The van der Waals surface area contributed by atoms with Gasteiger partial charge in [-0.1, -0.05) is 6.58 Å². The van der Waals surface area contributed by atoms with Gasteiger partial charge in [0.15, 0.2) is 23.0 Å². The van der Waals surface area contributed by atoms with Crippen molar-refractivity contribution in [3.8, 4) is 17.2 Å². The molecule has 0 radical (unpaired) electrons. The molecule has 0 aliphatic rings. The van der Waals surface area contributed by atoms with Crippen molar-refractivity contribution >= 4 is 23.1 Å². The number of hydrogen-bond acceptors (Lipinski definition) is 7. The third-order valence-corrected chi connectivity index (χ3v) is 4.06. The number of benzene rings is 1. The van der Waals surface area contributed by atoms with Gasteiger partial charge >= 0.3 is 6.09 Å². The van der Waals surface area contributed by atoms with E-state index in [1.165, 1.54) is 7.11 Å². The van der Waals surface area contributed by atoms with Crippen LogP contribution in [-0.2, 0) is 4.74 Å². The Morgan fingerprint density at radius 2 is 1.75 bits per heavy atom. The van der Waals surface area contributed by atoms with Crippen LogP contribution in [0.5, 0.6) is 17.2 Å². The van der Waals surface area contributed by atoms with Gasteiger partial charge in [0.25, 0.3) is 0 Å². The van der Waals surface area contributed by atoms with Crippen molar-refractivity contribution in [2.45, 2.75) is 0 Å². The zero-order valence-corrected chi connectivity index (χ0v) is 16.0. The molecule has 0 spiro atoms. The molecule has 0 aliphatic carbocycles. The molecule has 9 nitrogen and oxygen atoms in total. The average Bonchev–Trinajstić information content (AvgIpc) is 3.12. The fourth-order valence-corrected chi connectivity index (χ4v) is 2.66. The summed E-state index contributed by atoms with van der Waals surface area (Å²) in [5.41, 5.74) is 2.59. The third kappa shape index (κ3) is 3.54. The van der Waals surface area contributed by atoms with Crippen LogP contribution in [0.25, 0.3) is 11.2 Å². The Morgan fingerprint density at radius 1 is 1.07 bits per heavy atom. The van der Waals surface area contributed by atoms with Crippen LogP contribution in [0.15, 0.2) is 37.0 Å². The van der Waals surface area contributed by atoms with Crippen LogP contribution in [-0.4, -0.2) is 49.1 Å². The predicted octanol–water partition coefficient (Wildman–Crippen LogP) is 2.99. The van der Waals surface area contributed by atoms with Crippen LogP contribution in [0.1, 0.15) is 11.3 Å². The van der Waals surface area contributed by atoms with Crippen molar-refractivity contribution in [2.24, 2.45) is 0 Å². The van der Waals surface area contributed by atoms with Gasteiger partial charge in [-0.2, -0.15) is 5.10 Å². The zero-order chi connectivity index (χ0) is 20.3. The minimum atomic E-state index is -0.606. The van der Waals surface area contributed by atoms with E-state index >= 15 is 0 Å². The molecular formula is C19H20N4O5. The number of carbonyl (C=O) groups excluding carboxylic acids is 1. The fourth-order valence-electron chi connectivity index (χ4n) is 2.66. The van der Waals surface area contributed by atoms with E-state index in [1.54, 1.807) is 56.3 Å². The monoisotopic (exact) mass is 384 g/mol. The lowest BCUT2D eigenvalue weighted by Crippen LogP contribution is -2.10. The normalized spacial score (nSPS) is 10.4. The summed E-state index contributed by atoms with van der Waals surface area (Å²) in [5, 5.41) is 7.01. The summed E-state index contributed by atoms with van der Waals surface area (Å²) in [5.74, 6) is 1.87. The zero-order valence-electron chi connectivity index (χ0n) is 16.0. The van der Waals surface area contributed by atoms with E-state index in [9.17, 15) is 4.79 Å². The van der Waals surface area contributed by atoms with Crippen LogP contribution in [0, 0.1) is 0 Å². The summed E-state index contributed by atoms with van der Waals surface area (Å²) in [7, 11) is 5.93. The largest absolute Gasteiger partial charge is 0.493 e. The Bertz CT molecular complexity index is 1020. The highest BCUT2D eigenvalue weighted by Crippen LogP contribution is 2.40. The van der Waals surface area contributed by atoms with Crippen molar-refractivity contribution in [2.75, 3.05) is 33.8 Å². The molecule has 2 heterocycles. The van der Waals surface area contributed by atoms with Gasteiger partial charge < -0.3 is 18.9 Å². The number of amides is 1. The smallest absolute Gasteiger partial charge is 0.412 e. The first-order valence-corrected chi connectivity index (χ1v) is 8.21. The highest BCUT2D eigenvalue weighted by atomic mass is 16.5. The molecule has 0 fully saturated rings. The first kappa shape index (κ1) is 19.0. The van der Waals surface area contributed by atoms with Gasteiger partial charge in [-0.3, -0.25) is 5.32 Å². The van der Waals surface area contributed by atoms with Crippen molar-refractivity contribution in [1.82, 2.24) is 14.6 Å². The van der Waals surface area contributed by atoms with Gasteiger partial charge in [-0.15, -0.1) is 0 Å². The van der Waals surface area contributed by atoms with Gasteiger partial charge in [0.1, 0.15) is 0 Å². The van der Waals surface area contributed by atoms with Gasteiger partial charge in [0, 0.05) is 5.57 Å². The van der Waals surface area contributed by atoms with Crippen molar-refractivity contribution in [1.29, 1.82) is 0 Å². The Hall–Kier alpha value is -3.75. The molecule has 0 saturated heterocycles. The highest BCUT2D eigenvalue weighted by molar-refractivity contribution is 5.83. The van der Waals surface area contributed by atoms with Crippen molar-refractivity contribution in [3.63, 3.8) is 0 Å². The second kappa shape index (κ2) is 7.87. The molecule has 28 heavy (non-hydrogen) atoms. The van der Waals surface area contributed by atoms with Crippen molar-refractivity contribution in [3.05, 3.63) is 48.3 Å². The van der Waals surface area contributed by atoms with Crippen molar-refractivity contribution < 1.29 is 23.7 Å². The van der Waals surface area contributed by atoms with Crippen LogP contribution in [0.3, 0.4) is 0 Å². The number of rotatable bonds is 6. The Labute approximate surface area is 161 Å². The molecule has 0 atom stereocenters. The number of fused-ring (bicyclic) bond motifs is 1. The number of methoxy groups -OCH3 is 4.